The molecule has 1 aliphatic carbocycles. The number of allylic oxidation sites excluding steroid dienone is 1. The number of hydrogen-bond acceptors (Lipinski definition) is 5. The van der Waals surface area contributed by atoms with Crippen LogP contribution in [0.5, 0.6) is 0 Å². The molecule has 1 amide bonds. The van der Waals surface area contributed by atoms with Crippen molar-refractivity contribution in [1.29, 1.82) is 0 Å². The number of pyridine rings is 1. The molecule has 3 aromatic heterocycles. The van der Waals surface area contributed by atoms with E-state index in [9.17, 15) is 9.59 Å². The Morgan fingerprint density at radius 1 is 0.979 bits per heavy atom. The first kappa shape index (κ1) is 32.6. The molecule has 47 heavy (non-hydrogen) atoms. The van der Waals surface area contributed by atoms with Gasteiger partial charge in [-0.1, -0.05) is 55.7 Å². The fourth-order valence-corrected chi connectivity index (χ4v) is 7.95. The molecule has 0 unspecified atom stereocenters. The number of benzene rings is 2. The summed E-state index contributed by atoms with van der Waals surface area (Å²) < 4.78 is 2.16. The number of fused-ring (bicyclic) bond motifs is 2. The van der Waals surface area contributed by atoms with Gasteiger partial charge in [-0.2, -0.15) is 0 Å². The van der Waals surface area contributed by atoms with E-state index in [0.717, 1.165) is 80.0 Å². The first-order valence-electron chi connectivity index (χ1n) is 16.9. The van der Waals surface area contributed by atoms with Crippen molar-refractivity contribution in [2.45, 2.75) is 84.1 Å². The van der Waals surface area contributed by atoms with Crippen molar-refractivity contribution < 1.29 is 9.59 Å². The lowest BCUT2D eigenvalue weighted by atomic mass is 9.81. The normalized spacial score (nSPS) is 13.7. The Bertz CT molecular complexity index is 1960. The molecule has 242 valence electrons. The number of ketones is 1. The number of Topliss-reactive ketones (excluding diaryl/α,β-unsaturated/α-hetero) is 1. The SMILES string of the molecule is C=CCCCC(=O)c1ccc2c(C3CCCCC3)c(-c3ccc4nc(-c5sc(C)nc5C)ccc4c3)n(CC(=O)NCCC=C)c2c1. The van der Waals surface area contributed by atoms with Crippen LogP contribution < -0.4 is 5.32 Å². The molecule has 0 radical (unpaired) electrons. The van der Waals surface area contributed by atoms with E-state index in [2.05, 4.69) is 64.4 Å². The van der Waals surface area contributed by atoms with Crippen molar-refractivity contribution in [2.24, 2.45) is 0 Å². The van der Waals surface area contributed by atoms with Crippen LogP contribution in [0.3, 0.4) is 0 Å². The van der Waals surface area contributed by atoms with E-state index in [4.69, 9.17) is 4.98 Å². The van der Waals surface area contributed by atoms with E-state index < -0.39 is 0 Å². The third-order valence-electron chi connectivity index (χ3n) is 9.32. The fourth-order valence-electron chi connectivity index (χ4n) is 7.06. The van der Waals surface area contributed by atoms with Crippen molar-refractivity contribution in [3.05, 3.63) is 95.7 Å². The molecule has 7 heteroatoms. The number of carbonyl (C=O) groups excluding carboxylic acids is 2. The number of nitrogens with one attached hydrogen (secondary N) is 1. The molecule has 1 N–H and O–H groups in total. The van der Waals surface area contributed by atoms with Crippen LogP contribution >= 0.6 is 11.3 Å². The molecule has 6 nitrogen and oxygen atoms in total. The smallest absolute Gasteiger partial charge is 0.239 e. The lowest BCUT2D eigenvalue weighted by molar-refractivity contribution is -0.121. The van der Waals surface area contributed by atoms with Crippen LogP contribution in [0.15, 0.2) is 73.8 Å². The summed E-state index contributed by atoms with van der Waals surface area (Å²) in [7, 11) is 0. The molecule has 0 atom stereocenters. The lowest BCUT2D eigenvalue weighted by Gasteiger charge is -2.24. The highest BCUT2D eigenvalue weighted by molar-refractivity contribution is 7.15. The average molecular weight is 645 g/mol. The Morgan fingerprint density at radius 2 is 1.79 bits per heavy atom. The van der Waals surface area contributed by atoms with Crippen molar-refractivity contribution in [1.82, 2.24) is 19.9 Å². The highest BCUT2D eigenvalue weighted by atomic mass is 32.1. The van der Waals surface area contributed by atoms with Crippen molar-refractivity contribution in [3.8, 4) is 21.8 Å². The van der Waals surface area contributed by atoms with E-state index >= 15 is 0 Å². The van der Waals surface area contributed by atoms with Gasteiger partial charge in [-0.15, -0.1) is 24.5 Å². The molecule has 0 saturated heterocycles. The van der Waals surface area contributed by atoms with Crippen LogP contribution in [0, 0.1) is 13.8 Å². The second-order valence-corrected chi connectivity index (χ2v) is 13.9. The maximum Gasteiger partial charge on any atom is 0.239 e. The van der Waals surface area contributed by atoms with Crippen LogP contribution in [0.1, 0.15) is 90.3 Å². The quantitative estimate of drug-likeness (QED) is 0.0786. The van der Waals surface area contributed by atoms with Gasteiger partial charge in [-0.3, -0.25) is 9.59 Å². The molecule has 3 heterocycles. The Labute approximate surface area is 281 Å². The zero-order valence-corrected chi connectivity index (χ0v) is 28.4. The van der Waals surface area contributed by atoms with Gasteiger partial charge in [0, 0.05) is 34.8 Å². The topological polar surface area (TPSA) is 76.9 Å². The summed E-state index contributed by atoms with van der Waals surface area (Å²) in [6.07, 6.45) is 12.3. The van der Waals surface area contributed by atoms with Crippen LogP contribution in [0.2, 0.25) is 0 Å². The highest BCUT2D eigenvalue weighted by Gasteiger charge is 2.28. The zero-order valence-electron chi connectivity index (χ0n) is 27.6. The zero-order chi connectivity index (χ0) is 32.9. The van der Waals surface area contributed by atoms with Crippen LogP contribution in [-0.2, 0) is 11.3 Å². The van der Waals surface area contributed by atoms with Crippen LogP contribution in [-0.4, -0.2) is 32.8 Å². The molecule has 2 aromatic carbocycles. The van der Waals surface area contributed by atoms with E-state index in [1.54, 1.807) is 11.3 Å². The predicted octanol–water partition coefficient (Wildman–Crippen LogP) is 9.88. The molecule has 1 saturated carbocycles. The maximum absolute atomic E-state index is 13.5. The van der Waals surface area contributed by atoms with Crippen molar-refractivity contribution in [2.75, 3.05) is 6.54 Å². The Hall–Kier alpha value is -4.36. The predicted molar refractivity (Wildman–Crippen MR) is 195 cm³/mol. The summed E-state index contributed by atoms with van der Waals surface area (Å²) in [5.41, 5.74) is 7.93. The highest BCUT2D eigenvalue weighted by Crippen LogP contribution is 2.45. The summed E-state index contributed by atoms with van der Waals surface area (Å²) in [4.78, 5) is 37.5. The minimum atomic E-state index is -0.0507. The fraction of sp³-hybridized carbons (Fsp3) is 0.350. The molecule has 0 bridgehead atoms. The number of aryl methyl sites for hydroxylation is 2. The van der Waals surface area contributed by atoms with E-state index in [-0.39, 0.29) is 18.2 Å². The number of rotatable bonds is 13. The Balaban J connectivity index is 1.51. The molecular weight excluding hydrogens is 601 g/mol. The first-order valence-corrected chi connectivity index (χ1v) is 17.7. The van der Waals surface area contributed by atoms with E-state index in [1.807, 2.05) is 38.1 Å². The lowest BCUT2D eigenvalue weighted by Crippen LogP contribution is -2.28. The summed E-state index contributed by atoms with van der Waals surface area (Å²) >= 11 is 1.67. The number of carbonyl (C=O) groups is 2. The standard InChI is InChI=1S/C40H44N4O2S/c1-5-7-10-15-36(45)30-16-19-32-35(24-30)44(25-37(46)41-22-8-6-2)39(38(32)28-13-11-9-12-14-28)31-18-20-33-29(23-31)17-21-34(43-33)40-26(3)42-27(4)47-40/h5-6,16-21,23-24,28H,1-2,7-15,22,25H2,3-4H3,(H,41,46). The third-order valence-corrected chi connectivity index (χ3v) is 10.4. The van der Waals surface area contributed by atoms with Crippen LogP contribution in [0.25, 0.3) is 43.6 Å². The summed E-state index contributed by atoms with van der Waals surface area (Å²) in [5.74, 6) is 0.455. The monoisotopic (exact) mass is 644 g/mol. The van der Waals surface area contributed by atoms with Gasteiger partial charge in [0.15, 0.2) is 5.78 Å². The van der Waals surface area contributed by atoms with Gasteiger partial charge in [0.25, 0.3) is 0 Å². The van der Waals surface area contributed by atoms with Gasteiger partial charge < -0.3 is 9.88 Å². The van der Waals surface area contributed by atoms with Crippen LogP contribution in [0.4, 0.5) is 0 Å². The maximum atomic E-state index is 13.5. The number of unbranched alkanes of at least 4 members (excludes halogenated alkanes) is 1. The van der Waals surface area contributed by atoms with Crippen molar-refractivity contribution in [3.63, 3.8) is 0 Å². The summed E-state index contributed by atoms with van der Waals surface area (Å²) in [6, 6.07) is 16.8. The van der Waals surface area contributed by atoms with Gasteiger partial charge in [0.1, 0.15) is 6.54 Å². The number of nitrogens with zero attached hydrogens (tertiary/aromatic N) is 3. The molecular formula is C40H44N4O2S. The molecule has 1 aliphatic rings. The third kappa shape index (κ3) is 7.01. The summed E-state index contributed by atoms with van der Waals surface area (Å²) in [6.45, 7) is 12.4. The van der Waals surface area contributed by atoms with Gasteiger partial charge in [-0.25, -0.2) is 9.97 Å². The molecule has 6 rings (SSSR count). The number of hydrogen-bond donors (Lipinski definition) is 1. The van der Waals surface area contributed by atoms with E-state index in [0.29, 0.717) is 30.9 Å². The second-order valence-electron chi connectivity index (χ2n) is 12.7. The van der Waals surface area contributed by atoms with Crippen molar-refractivity contribution >= 4 is 44.8 Å². The number of thiazole rings is 1. The van der Waals surface area contributed by atoms with Gasteiger partial charge in [0.05, 0.1) is 32.5 Å². The number of amides is 1. The average Bonchev–Trinajstić information content (AvgIpc) is 3.59. The second kappa shape index (κ2) is 14.6. The number of aromatic nitrogens is 3. The molecule has 0 aliphatic heterocycles. The molecule has 0 spiro atoms. The van der Waals surface area contributed by atoms with Gasteiger partial charge in [-0.05, 0) is 87.3 Å². The van der Waals surface area contributed by atoms with E-state index in [1.165, 1.54) is 24.8 Å². The van der Waals surface area contributed by atoms with Gasteiger partial charge in [0.2, 0.25) is 5.91 Å². The Morgan fingerprint density at radius 3 is 2.53 bits per heavy atom. The molecule has 5 aromatic rings. The first-order chi connectivity index (χ1) is 22.9. The minimum Gasteiger partial charge on any atom is -0.354 e. The van der Waals surface area contributed by atoms with Gasteiger partial charge >= 0.3 is 0 Å². The largest absolute Gasteiger partial charge is 0.354 e. The summed E-state index contributed by atoms with van der Waals surface area (Å²) in [5, 5.41) is 6.29. The molecule has 1 fully saturated rings. The Kier molecular flexibility index (Phi) is 10.1. The minimum absolute atomic E-state index is 0.0507.